The molecule has 0 atom stereocenters. The molecular formula is C18H19F3N5+. The van der Waals surface area contributed by atoms with Crippen molar-refractivity contribution in [2.45, 2.75) is 12.6 Å². The minimum absolute atomic E-state index is 0.0178. The number of halogens is 3. The lowest BCUT2D eigenvalue weighted by Crippen LogP contribution is -3.05. The number of imidazole rings is 1. The zero-order valence-corrected chi connectivity index (χ0v) is 14.5. The molecule has 0 fully saturated rings. The average Bonchev–Trinajstić information content (AvgIpc) is 2.96. The number of nitriles is 1. The number of hydrogen-bond acceptors (Lipinski definition) is 3. The fraction of sp³-hybridized carbons (Fsp3) is 0.333. The Hall–Kier alpha value is -2.79. The summed E-state index contributed by atoms with van der Waals surface area (Å²) in [6, 6.07) is 9.73. The Morgan fingerprint density at radius 3 is 2.65 bits per heavy atom. The van der Waals surface area contributed by atoms with Crippen LogP contribution in [0.25, 0.3) is 16.7 Å². The third-order valence-electron chi connectivity index (χ3n) is 4.15. The summed E-state index contributed by atoms with van der Waals surface area (Å²) in [6.45, 7) is 1.42. The highest BCUT2D eigenvalue weighted by molar-refractivity contribution is 5.85. The van der Waals surface area contributed by atoms with Gasteiger partial charge in [-0.25, -0.2) is 4.98 Å². The maximum absolute atomic E-state index is 13.5. The first-order chi connectivity index (χ1) is 12.3. The summed E-state index contributed by atoms with van der Waals surface area (Å²) >= 11 is 0. The van der Waals surface area contributed by atoms with Crippen molar-refractivity contribution < 1.29 is 18.1 Å². The van der Waals surface area contributed by atoms with Crippen molar-refractivity contribution in [3.05, 3.63) is 41.5 Å². The molecule has 0 amide bonds. The van der Waals surface area contributed by atoms with Gasteiger partial charge in [-0.2, -0.15) is 18.4 Å². The number of pyridine rings is 1. The molecule has 0 saturated carbocycles. The monoisotopic (exact) mass is 362 g/mol. The number of alkyl halides is 3. The van der Waals surface area contributed by atoms with Crippen LogP contribution in [-0.2, 0) is 6.18 Å². The normalized spacial score (nSPS) is 12.0. The van der Waals surface area contributed by atoms with E-state index in [0.29, 0.717) is 17.6 Å². The molecule has 3 rings (SSSR count). The van der Waals surface area contributed by atoms with Crippen molar-refractivity contribution in [3.63, 3.8) is 0 Å². The van der Waals surface area contributed by atoms with Crippen molar-refractivity contribution in [1.29, 1.82) is 5.26 Å². The van der Waals surface area contributed by atoms with Gasteiger partial charge in [-0.05, 0) is 18.2 Å². The van der Waals surface area contributed by atoms with Crippen LogP contribution in [0.15, 0.2) is 30.3 Å². The van der Waals surface area contributed by atoms with Crippen LogP contribution >= 0.6 is 0 Å². The molecule has 0 bridgehead atoms. The lowest BCUT2D eigenvalue weighted by Gasteiger charge is -2.16. The molecule has 5 nitrogen and oxygen atoms in total. The van der Waals surface area contributed by atoms with Crippen LogP contribution in [0.4, 0.5) is 19.0 Å². The van der Waals surface area contributed by atoms with Crippen LogP contribution in [0.5, 0.6) is 0 Å². The summed E-state index contributed by atoms with van der Waals surface area (Å²) in [4.78, 5) is 5.54. The number of nitrogens with zero attached hydrogens (tertiary/aromatic N) is 3. The van der Waals surface area contributed by atoms with E-state index in [1.807, 2.05) is 14.1 Å². The summed E-state index contributed by atoms with van der Waals surface area (Å²) in [6.07, 6.45) is -3.83. The quantitative estimate of drug-likeness (QED) is 0.685. The van der Waals surface area contributed by atoms with E-state index in [1.165, 1.54) is 4.90 Å². The number of para-hydroxylation sites is 2. The molecule has 1 aromatic carbocycles. The van der Waals surface area contributed by atoms with Crippen LogP contribution in [-0.4, -0.2) is 36.6 Å². The van der Waals surface area contributed by atoms with E-state index in [-0.39, 0.29) is 11.5 Å². The first-order valence-electron chi connectivity index (χ1n) is 8.27. The SMILES string of the molecule is C[NH+](C)CCCNc1cc(C(F)(F)F)c(C#N)c2nc3ccccc3n12. The topological polar surface area (TPSA) is 57.6 Å². The molecule has 0 unspecified atom stereocenters. The van der Waals surface area contributed by atoms with Gasteiger partial charge in [0.15, 0.2) is 5.65 Å². The van der Waals surface area contributed by atoms with E-state index >= 15 is 0 Å². The van der Waals surface area contributed by atoms with Gasteiger partial charge in [-0.3, -0.25) is 4.40 Å². The Morgan fingerprint density at radius 1 is 1.27 bits per heavy atom. The second-order valence-electron chi connectivity index (χ2n) is 6.42. The summed E-state index contributed by atoms with van der Waals surface area (Å²) in [5.74, 6) is 0.286. The molecule has 0 spiro atoms. The smallest absolute Gasteiger partial charge is 0.371 e. The number of hydrogen-bond donors (Lipinski definition) is 2. The van der Waals surface area contributed by atoms with Gasteiger partial charge in [-0.15, -0.1) is 0 Å². The maximum atomic E-state index is 13.5. The fourth-order valence-electron chi connectivity index (χ4n) is 2.95. The predicted molar refractivity (Wildman–Crippen MR) is 93.2 cm³/mol. The highest BCUT2D eigenvalue weighted by Crippen LogP contribution is 2.36. The van der Waals surface area contributed by atoms with Crippen molar-refractivity contribution in [2.75, 3.05) is 32.5 Å². The molecule has 0 saturated heterocycles. The van der Waals surface area contributed by atoms with Gasteiger partial charge in [0, 0.05) is 13.0 Å². The fourth-order valence-corrected chi connectivity index (χ4v) is 2.95. The lowest BCUT2D eigenvalue weighted by atomic mass is 10.1. The summed E-state index contributed by atoms with van der Waals surface area (Å²) < 4.78 is 42.0. The molecule has 2 heterocycles. The van der Waals surface area contributed by atoms with Crippen LogP contribution in [0.1, 0.15) is 17.5 Å². The Labute approximate surface area is 148 Å². The van der Waals surface area contributed by atoms with Gasteiger partial charge < -0.3 is 10.2 Å². The zero-order chi connectivity index (χ0) is 18.9. The summed E-state index contributed by atoms with van der Waals surface area (Å²) in [5.41, 5.74) is -0.206. The van der Waals surface area contributed by atoms with Crippen LogP contribution < -0.4 is 10.2 Å². The van der Waals surface area contributed by atoms with Crippen LogP contribution in [0, 0.1) is 11.3 Å². The molecule has 3 aromatic rings. The van der Waals surface area contributed by atoms with E-state index < -0.39 is 17.3 Å². The van der Waals surface area contributed by atoms with E-state index in [9.17, 15) is 18.4 Å². The second-order valence-corrected chi connectivity index (χ2v) is 6.42. The summed E-state index contributed by atoms with van der Waals surface area (Å²) in [7, 11) is 4.04. The Kier molecular flexibility index (Phi) is 4.74. The molecule has 26 heavy (non-hydrogen) atoms. The second kappa shape index (κ2) is 6.84. The Morgan fingerprint density at radius 2 is 2.00 bits per heavy atom. The van der Waals surface area contributed by atoms with Gasteiger partial charge >= 0.3 is 6.18 Å². The molecule has 0 aliphatic heterocycles. The molecule has 0 radical (unpaired) electrons. The summed E-state index contributed by atoms with van der Waals surface area (Å²) in [5, 5.41) is 12.4. The number of nitrogens with one attached hydrogen (secondary N) is 2. The zero-order valence-electron chi connectivity index (χ0n) is 14.5. The largest absolute Gasteiger partial charge is 0.417 e. The molecular weight excluding hydrogens is 343 g/mol. The van der Waals surface area contributed by atoms with Gasteiger partial charge in [0.05, 0.1) is 37.2 Å². The maximum Gasteiger partial charge on any atom is 0.417 e. The molecule has 2 aromatic heterocycles. The highest BCUT2D eigenvalue weighted by atomic mass is 19.4. The minimum Gasteiger partial charge on any atom is -0.371 e. The van der Waals surface area contributed by atoms with Gasteiger partial charge in [0.2, 0.25) is 0 Å². The van der Waals surface area contributed by atoms with E-state index in [2.05, 4.69) is 10.3 Å². The number of benzene rings is 1. The first-order valence-corrected chi connectivity index (χ1v) is 8.27. The standard InChI is InChI=1S/C18H18F3N5/c1-25(2)9-5-8-23-16-10-13(18(19,20)21)12(11-22)17-24-14-6-3-4-7-15(14)26(16)17/h3-4,6-7,10,23H,5,8-9H2,1-2H3/p+1. The molecule has 0 aliphatic rings. The molecule has 2 N–H and O–H groups in total. The van der Waals surface area contributed by atoms with E-state index in [4.69, 9.17) is 0 Å². The molecule has 0 aliphatic carbocycles. The third kappa shape index (κ3) is 3.30. The lowest BCUT2D eigenvalue weighted by molar-refractivity contribution is -0.858. The van der Waals surface area contributed by atoms with Crippen molar-refractivity contribution in [3.8, 4) is 6.07 Å². The Bertz CT molecular complexity index is 982. The number of fused-ring (bicyclic) bond motifs is 3. The van der Waals surface area contributed by atoms with Crippen LogP contribution in [0.2, 0.25) is 0 Å². The first kappa shape index (κ1) is 18.0. The van der Waals surface area contributed by atoms with Gasteiger partial charge in [-0.1, -0.05) is 12.1 Å². The van der Waals surface area contributed by atoms with Crippen molar-refractivity contribution >= 4 is 22.5 Å². The molecule has 136 valence electrons. The third-order valence-corrected chi connectivity index (χ3v) is 4.15. The van der Waals surface area contributed by atoms with Crippen molar-refractivity contribution in [2.24, 2.45) is 0 Å². The number of quaternary nitrogens is 1. The van der Waals surface area contributed by atoms with Crippen LogP contribution in [0.3, 0.4) is 0 Å². The average molecular weight is 362 g/mol. The number of anilines is 1. The predicted octanol–water partition coefficient (Wildman–Crippen LogP) is 2.32. The van der Waals surface area contributed by atoms with Gasteiger partial charge in [0.1, 0.15) is 17.5 Å². The minimum atomic E-state index is -4.63. The molecule has 8 heteroatoms. The Balaban J connectivity index is 2.19. The number of aromatic nitrogens is 2. The van der Waals surface area contributed by atoms with E-state index in [0.717, 1.165) is 19.0 Å². The van der Waals surface area contributed by atoms with E-state index in [1.54, 1.807) is 34.7 Å². The van der Waals surface area contributed by atoms with Gasteiger partial charge in [0.25, 0.3) is 0 Å². The van der Waals surface area contributed by atoms with Crippen molar-refractivity contribution in [1.82, 2.24) is 9.38 Å². The number of rotatable bonds is 5. The highest BCUT2D eigenvalue weighted by Gasteiger charge is 2.36.